The number of nitrogens with one attached hydrogen (secondary N) is 2. The van der Waals surface area contributed by atoms with Gasteiger partial charge in [-0.25, -0.2) is 8.42 Å². The number of hydrogen-bond donors (Lipinski definition) is 2. The predicted molar refractivity (Wildman–Crippen MR) is 91.4 cm³/mol. The monoisotopic (exact) mass is 351 g/mol. The highest BCUT2D eigenvalue weighted by atomic mass is 32.2. The van der Waals surface area contributed by atoms with E-state index in [4.69, 9.17) is 4.52 Å². The topological polar surface area (TPSA) is 101 Å². The highest BCUT2D eigenvalue weighted by Crippen LogP contribution is 2.20. The zero-order chi connectivity index (χ0) is 17.9. The van der Waals surface area contributed by atoms with Crippen LogP contribution >= 0.6 is 0 Å². The van der Waals surface area contributed by atoms with Gasteiger partial charge in [0.15, 0.2) is 0 Å². The Kier molecular flexibility index (Phi) is 5.28. The summed E-state index contributed by atoms with van der Waals surface area (Å²) in [6, 6.07) is 6.58. The van der Waals surface area contributed by atoms with Gasteiger partial charge in [0.2, 0.25) is 10.0 Å². The lowest BCUT2D eigenvalue weighted by Gasteiger charge is -2.15. The minimum atomic E-state index is -3.35. The van der Waals surface area contributed by atoms with Crippen LogP contribution in [0.3, 0.4) is 0 Å². The molecular weight excluding hydrogens is 330 g/mol. The van der Waals surface area contributed by atoms with Crippen molar-refractivity contribution in [3.05, 3.63) is 46.8 Å². The third kappa shape index (κ3) is 4.35. The van der Waals surface area contributed by atoms with E-state index in [1.54, 1.807) is 25.1 Å². The fraction of sp³-hybridized carbons (Fsp3) is 0.375. The molecule has 0 fully saturated rings. The van der Waals surface area contributed by atoms with Crippen LogP contribution in [-0.2, 0) is 16.4 Å². The number of amides is 1. The van der Waals surface area contributed by atoms with Gasteiger partial charge in [0.25, 0.3) is 5.91 Å². The molecule has 0 unspecified atom stereocenters. The SMILES string of the molecule is CCc1noc(C)c1C(=O)N[C@H](C)c1cccc(NS(C)(=O)=O)c1. The molecule has 0 bridgehead atoms. The van der Waals surface area contributed by atoms with Gasteiger partial charge >= 0.3 is 0 Å². The van der Waals surface area contributed by atoms with Crippen LogP contribution in [0.15, 0.2) is 28.8 Å². The number of aryl methyl sites for hydroxylation is 2. The number of rotatable bonds is 6. The van der Waals surface area contributed by atoms with Gasteiger partial charge in [-0.05, 0) is 38.0 Å². The van der Waals surface area contributed by atoms with Gasteiger partial charge in [0.05, 0.1) is 18.0 Å². The van der Waals surface area contributed by atoms with Crippen molar-refractivity contribution in [3.8, 4) is 0 Å². The summed E-state index contributed by atoms with van der Waals surface area (Å²) >= 11 is 0. The molecule has 0 aliphatic rings. The number of carbonyl (C=O) groups is 1. The average Bonchev–Trinajstić information content (AvgIpc) is 2.86. The van der Waals surface area contributed by atoms with Gasteiger partial charge in [-0.1, -0.05) is 24.2 Å². The smallest absolute Gasteiger partial charge is 0.257 e. The van der Waals surface area contributed by atoms with Crippen molar-refractivity contribution >= 4 is 21.6 Å². The number of anilines is 1. The van der Waals surface area contributed by atoms with Crippen LogP contribution < -0.4 is 10.0 Å². The molecule has 1 heterocycles. The van der Waals surface area contributed by atoms with E-state index in [0.29, 0.717) is 29.1 Å². The van der Waals surface area contributed by atoms with Crippen molar-refractivity contribution in [3.63, 3.8) is 0 Å². The molecule has 2 aromatic rings. The standard InChI is InChI=1S/C16H21N3O4S/c1-5-14-15(11(3)23-18-14)16(20)17-10(2)12-7-6-8-13(9-12)19-24(4,21)22/h6-10,19H,5H2,1-4H3,(H,17,20)/t10-/m1/s1. The van der Waals surface area contributed by atoms with Crippen LogP contribution in [0.5, 0.6) is 0 Å². The molecule has 1 atom stereocenters. The van der Waals surface area contributed by atoms with Crippen molar-refractivity contribution < 1.29 is 17.7 Å². The first-order chi connectivity index (χ1) is 11.2. The molecule has 0 aliphatic heterocycles. The Morgan fingerprint density at radius 1 is 1.38 bits per heavy atom. The molecule has 1 aromatic heterocycles. The van der Waals surface area contributed by atoms with Crippen LogP contribution in [0.4, 0.5) is 5.69 Å². The molecule has 1 aromatic carbocycles. The first kappa shape index (κ1) is 18.0. The molecule has 24 heavy (non-hydrogen) atoms. The maximum Gasteiger partial charge on any atom is 0.257 e. The van der Waals surface area contributed by atoms with Crippen molar-refractivity contribution in [1.29, 1.82) is 0 Å². The van der Waals surface area contributed by atoms with E-state index in [2.05, 4.69) is 15.2 Å². The van der Waals surface area contributed by atoms with E-state index in [1.165, 1.54) is 0 Å². The lowest BCUT2D eigenvalue weighted by molar-refractivity contribution is 0.0937. The van der Waals surface area contributed by atoms with E-state index in [1.807, 2.05) is 19.9 Å². The van der Waals surface area contributed by atoms with Crippen LogP contribution in [0, 0.1) is 6.92 Å². The molecule has 2 rings (SSSR count). The number of hydrogen-bond acceptors (Lipinski definition) is 5. The molecule has 130 valence electrons. The summed E-state index contributed by atoms with van der Waals surface area (Å²) in [5, 5.41) is 6.77. The van der Waals surface area contributed by atoms with Crippen LogP contribution in [0.1, 0.15) is 47.3 Å². The summed E-state index contributed by atoms with van der Waals surface area (Å²) in [6.45, 7) is 5.42. The second-order valence-electron chi connectivity index (χ2n) is 5.61. The molecule has 1 amide bonds. The van der Waals surface area contributed by atoms with Gasteiger partial charge in [-0.3, -0.25) is 9.52 Å². The predicted octanol–water partition coefficient (Wildman–Crippen LogP) is 2.41. The summed E-state index contributed by atoms with van der Waals surface area (Å²) in [6.07, 6.45) is 1.69. The highest BCUT2D eigenvalue weighted by Gasteiger charge is 2.21. The second kappa shape index (κ2) is 7.04. The number of nitrogens with zero attached hydrogens (tertiary/aromatic N) is 1. The molecule has 7 nitrogen and oxygen atoms in total. The number of aromatic nitrogens is 1. The van der Waals surface area contributed by atoms with E-state index in [0.717, 1.165) is 11.8 Å². The number of carbonyl (C=O) groups excluding carboxylic acids is 1. The third-order valence-corrected chi connectivity index (χ3v) is 4.14. The Labute approximate surface area is 141 Å². The highest BCUT2D eigenvalue weighted by molar-refractivity contribution is 7.92. The summed E-state index contributed by atoms with van der Waals surface area (Å²) in [4.78, 5) is 12.5. The minimum Gasteiger partial charge on any atom is -0.361 e. The van der Waals surface area contributed by atoms with Gasteiger partial charge in [-0.15, -0.1) is 0 Å². The Morgan fingerprint density at radius 3 is 2.71 bits per heavy atom. The van der Waals surface area contributed by atoms with E-state index >= 15 is 0 Å². The fourth-order valence-corrected chi connectivity index (χ4v) is 2.94. The van der Waals surface area contributed by atoms with Crippen molar-refractivity contribution in [2.24, 2.45) is 0 Å². The summed E-state index contributed by atoms with van der Waals surface area (Å²) < 4.78 is 30.2. The second-order valence-corrected chi connectivity index (χ2v) is 7.36. The first-order valence-electron chi connectivity index (χ1n) is 7.55. The zero-order valence-corrected chi connectivity index (χ0v) is 14.9. The molecule has 0 saturated carbocycles. The Balaban J connectivity index is 2.17. The van der Waals surface area contributed by atoms with Crippen LogP contribution in [-0.4, -0.2) is 25.7 Å². The van der Waals surface area contributed by atoms with Gasteiger partial charge < -0.3 is 9.84 Å². The minimum absolute atomic E-state index is 0.264. The maximum absolute atomic E-state index is 12.5. The van der Waals surface area contributed by atoms with Crippen LogP contribution in [0.2, 0.25) is 0 Å². The molecule has 8 heteroatoms. The fourth-order valence-electron chi connectivity index (χ4n) is 2.39. The van der Waals surface area contributed by atoms with Gasteiger partial charge in [-0.2, -0.15) is 0 Å². The number of benzene rings is 1. The van der Waals surface area contributed by atoms with Crippen molar-refractivity contribution in [2.75, 3.05) is 11.0 Å². The zero-order valence-electron chi connectivity index (χ0n) is 14.1. The molecule has 0 aliphatic carbocycles. The summed E-state index contributed by atoms with van der Waals surface area (Å²) in [5.74, 6) is 0.212. The lowest BCUT2D eigenvalue weighted by Crippen LogP contribution is -2.27. The first-order valence-corrected chi connectivity index (χ1v) is 9.44. The molecule has 0 radical (unpaired) electrons. The Hall–Kier alpha value is -2.35. The van der Waals surface area contributed by atoms with Crippen LogP contribution in [0.25, 0.3) is 0 Å². The molecule has 0 spiro atoms. The average molecular weight is 351 g/mol. The normalized spacial score (nSPS) is 12.7. The molecular formula is C16H21N3O4S. The summed E-state index contributed by atoms with van der Waals surface area (Å²) in [7, 11) is -3.35. The lowest BCUT2D eigenvalue weighted by atomic mass is 10.1. The number of sulfonamides is 1. The van der Waals surface area contributed by atoms with Gasteiger partial charge in [0, 0.05) is 5.69 Å². The van der Waals surface area contributed by atoms with E-state index in [-0.39, 0.29) is 11.9 Å². The Morgan fingerprint density at radius 2 is 2.08 bits per heavy atom. The molecule has 2 N–H and O–H groups in total. The largest absolute Gasteiger partial charge is 0.361 e. The maximum atomic E-state index is 12.5. The molecule has 0 saturated heterocycles. The third-order valence-electron chi connectivity index (χ3n) is 3.53. The van der Waals surface area contributed by atoms with Crippen molar-refractivity contribution in [1.82, 2.24) is 10.5 Å². The quantitative estimate of drug-likeness (QED) is 0.832. The van der Waals surface area contributed by atoms with E-state index < -0.39 is 10.0 Å². The van der Waals surface area contributed by atoms with E-state index in [9.17, 15) is 13.2 Å². The Bertz CT molecular complexity index is 843. The summed E-state index contributed by atoms with van der Waals surface area (Å²) in [5.41, 5.74) is 2.30. The van der Waals surface area contributed by atoms with Crippen molar-refractivity contribution in [2.45, 2.75) is 33.2 Å². The van der Waals surface area contributed by atoms with Gasteiger partial charge in [0.1, 0.15) is 11.3 Å².